The predicted octanol–water partition coefficient (Wildman–Crippen LogP) is 2.07. The van der Waals surface area contributed by atoms with Crippen molar-refractivity contribution in [3.63, 3.8) is 0 Å². The Morgan fingerprint density at radius 2 is 1.96 bits per heavy atom. The number of hydrogen-bond donors (Lipinski definition) is 0. The number of piperidine rings is 1. The van der Waals surface area contributed by atoms with Crippen molar-refractivity contribution in [1.29, 1.82) is 0 Å². The van der Waals surface area contributed by atoms with Crippen molar-refractivity contribution in [3.8, 4) is 5.75 Å². The SMILES string of the molecule is COc1cccc(CN2CCn3c(nnc3C(=O)N3CCCCC3)C2)c1F. The molecule has 0 N–H and O–H groups in total. The van der Waals surface area contributed by atoms with Crippen LogP contribution < -0.4 is 4.74 Å². The van der Waals surface area contributed by atoms with Crippen LogP contribution in [0.25, 0.3) is 0 Å². The lowest BCUT2D eigenvalue weighted by Gasteiger charge is -2.29. The fraction of sp³-hybridized carbons (Fsp3) is 0.526. The van der Waals surface area contributed by atoms with Crippen LogP contribution >= 0.6 is 0 Å². The second-order valence-corrected chi connectivity index (χ2v) is 7.09. The molecular weight excluding hydrogens is 349 g/mol. The highest BCUT2D eigenvalue weighted by atomic mass is 19.1. The highest BCUT2D eigenvalue weighted by Gasteiger charge is 2.28. The van der Waals surface area contributed by atoms with E-state index in [-0.39, 0.29) is 17.5 Å². The van der Waals surface area contributed by atoms with E-state index >= 15 is 0 Å². The fourth-order valence-electron chi connectivity index (χ4n) is 3.82. The van der Waals surface area contributed by atoms with Crippen LogP contribution in [0.5, 0.6) is 5.75 Å². The highest BCUT2D eigenvalue weighted by Crippen LogP contribution is 2.23. The second kappa shape index (κ2) is 7.64. The largest absolute Gasteiger partial charge is 0.494 e. The van der Waals surface area contributed by atoms with Gasteiger partial charge < -0.3 is 14.2 Å². The number of amides is 1. The molecule has 144 valence electrons. The molecule has 2 aliphatic rings. The van der Waals surface area contributed by atoms with Crippen molar-refractivity contribution < 1.29 is 13.9 Å². The third-order valence-electron chi connectivity index (χ3n) is 5.32. The van der Waals surface area contributed by atoms with Gasteiger partial charge in [-0.05, 0) is 25.3 Å². The number of aromatic nitrogens is 3. The van der Waals surface area contributed by atoms with Gasteiger partial charge in [0, 0.05) is 38.3 Å². The second-order valence-electron chi connectivity index (χ2n) is 7.09. The molecule has 1 fully saturated rings. The molecule has 8 heteroatoms. The molecule has 4 rings (SSSR count). The number of fused-ring (bicyclic) bond motifs is 1. The van der Waals surface area contributed by atoms with Crippen LogP contribution in [0, 0.1) is 5.82 Å². The number of carbonyl (C=O) groups excluding carboxylic acids is 1. The van der Waals surface area contributed by atoms with Gasteiger partial charge in [0.25, 0.3) is 5.91 Å². The van der Waals surface area contributed by atoms with Gasteiger partial charge in [-0.1, -0.05) is 12.1 Å². The summed E-state index contributed by atoms with van der Waals surface area (Å²) in [6.45, 7) is 3.93. The van der Waals surface area contributed by atoms with Gasteiger partial charge in [-0.15, -0.1) is 10.2 Å². The molecule has 1 amide bonds. The van der Waals surface area contributed by atoms with E-state index < -0.39 is 0 Å². The predicted molar refractivity (Wildman–Crippen MR) is 96.8 cm³/mol. The number of carbonyl (C=O) groups is 1. The number of benzene rings is 1. The van der Waals surface area contributed by atoms with Crippen LogP contribution in [-0.4, -0.2) is 57.2 Å². The fourth-order valence-corrected chi connectivity index (χ4v) is 3.82. The molecule has 0 radical (unpaired) electrons. The van der Waals surface area contributed by atoms with Crippen LogP contribution in [0.2, 0.25) is 0 Å². The number of ether oxygens (including phenoxy) is 1. The summed E-state index contributed by atoms with van der Waals surface area (Å²) in [5, 5.41) is 8.39. The molecule has 3 heterocycles. The Labute approximate surface area is 157 Å². The van der Waals surface area contributed by atoms with Crippen LogP contribution in [-0.2, 0) is 19.6 Å². The molecule has 1 saturated heterocycles. The average Bonchev–Trinajstić information content (AvgIpc) is 3.13. The molecule has 1 aromatic carbocycles. The van der Waals surface area contributed by atoms with Crippen molar-refractivity contribution in [2.45, 2.75) is 38.9 Å². The van der Waals surface area contributed by atoms with Gasteiger partial charge >= 0.3 is 0 Å². The Hall–Kier alpha value is -2.48. The summed E-state index contributed by atoms with van der Waals surface area (Å²) >= 11 is 0. The van der Waals surface area contributed by atoms with E-state index in [1.54, 1.807) is 18.2 Å². The first-order valence-electron chi connectivity index (χ1n) is 9.42. The molecule has 0 aliphatic carbocycles. The normalized spacial score (nSPS) is 17.6. The van der Waals surface area contributed by atoms with Gasteiger partial charge in [-0.3, -0.25) is 9.69 Å². The van der Waals surface area contributed by atoms with Crippen LogP contribution in [0.15, 0.2) is 18.2 Å². The minimum atomic E-state index is -0.326. The lowest BCUT2D eigenvalue weighted by atomic mass is 10.1. The van der Waals surface area contributed by atoms with Gasteiger partial charge in [-0.2, -0.15) is 0 Å². The number of nitrogens with zero attached hydrogens (tertiary/aromatic N) is 5. The Bertz CT molecular complexity index is 832. The maximum atomic E-state index is 14.4. The Morgan fingerprint density at radius 3 is 2.74 bits per heavy atom. The topological polar surface area (TPSA) is 63.5 Å². The minimum absolute atomic E-state index is 0.0271. The molecule has 0 unspecified atom stereocenters. The number of likely N-dealkylation sites (tertiary alicyclic amines) is 1. The average molecular weight is 373 g/mol. The molecule has 2 aromatic rings. The maximum absolute atomic E-state index is 14.4. The summed E-state index contributed by atoms with van der Waals surface area (Å²) in [7, 11) is 1.46. The van der Waals surface area contributed by atoms with Gasteiger partial charge in [-0.25, -0.2) is 4.39 Å². The van der Waals surface area contributed by atoms with Crippen LogP contribution in [0.4, 0.5) is 4.39 Å². The van der Waals surface area contributed by atoms with Crippen LogP contribution in [0.1, 0.15) is 41.3 Å². The lowest BCUT2D eigenvalue weighted by molar-refractivity contribution is 0.0702. The zero-order chi connectivity index (χ0) is 18.8. The van der Waals surface area contributed by atoms with Gasteiger partial charge in [0.05, 0.1) is 13.7 Å². The van der Waals surface area contributed by atoms with E-state index in [4.69, 9.17) is 4.74 Å². The highest BCUT2D eigenvalue weighted by molar-refractivity contribution is 5.90. The summed E-state index contributed by atoms with van der Waals surface area (Å²) < 4.78 is 21.4. The number of hydrogen-bond acceptors (Lipinski definition) is 5. The first kappa shape index (κ1) is 17.9. The van der Waals surface area contributed by atoms with E-state index in [9.17, 15) is 9.18 Å². The third-order valence-corrected chi connectivity index (χ3v) is 5.32. The lowest BCUT2D eigenvalue weighted by Crippen LogP contribution is -2.39. The van der Waals surface area contributed by atoms with Crippen molar-refractivity contribution in [2.24, 2.45) is 0 Å². The quantitative estimate of drug-likeness (QED) is 0.821. The van der Waals surface area contributed by atoms with E-state index in [0.29, 0.717) is 37.6 Å². The smallest absolute Gasteiger partial charge is 0.291 e. The molecule has 0 bridgehead atoms. The molecule has 0 spiro atoms. The van der Waals surface area contributed by atoms with Crippen LogP contribution in [0.3, 0.4) is 0 Å². The minimum Gasteiger partial charge on any atom is -0.494 e. The van der Waals surface area contributed by atoms with Crippen molar-refractivity contribution in [3.05, 3.63) is 41.2 Å². The summed E-state index contributed by atoms with van der Waals surface area (Å²) in [5.41, 5.74) is 0.590. The number of rotatable bonds is 4. The number of methoxy groups -OCH3 is 1. The van der Waals surface area contributed by atoms with E-state index in [0.717, 1.165) is 31.8 Å². The zero-order valence-corrected chi connectivity index (χ0v) is 15.5. The Balaban J connectivity index is 1.47. The number of halogens is 1. The zero-order valence-electron chi connectivity index (χ0n) is 15.5. The molecule has 0 saturated carbocycles. The Morgan fingerprint density at radius 1 is 1.15 bits per heavy atom. The summed E-state index contributed by atoms with van der Waals surface area (Å²) in [4.78, 5) is 16.7. The molecular formula is C19H24FN5O2. The molecule has 1 aromatic heterocycles. The third kappa shape index (κ3) is 3.53. The maximum Gasteiger partial charge on any atom is 0.291 e. The monoisotopic (exact) mass is 373 g/mol. The molecule has 2 aliphatic heterocycles. The molecule has 27 heavy (non-hydrogen) atoms. The van der Waals surface area contributed by atoms with Crippen molar-refractivity contribution >= 4 is 5.91 Å². The molecule has 0 atom stereocenters. The summed E-state index contributed by atoms with van der Waals surface area (Å²) in [6.07, 6.45) is 3.27. The summed E-state index contributed by atoms with van der Waals surface area (Å²) in [5.74, 6) is 1.08. The van der Waals surface area contributed by atoms with E-state index in [1.807, 2.05) is 9.47 Å². The van der Waals surface area contributed by atoms with E-state index in [1.165, 1.54) is 13.5 Å². The summed E-state index contributed by atoms with van der Waals surface area (Å²) in [6, 6.07) is 5.17. The van der Waals surface area contributed by atoms with Crippen molar-refractivity contribution in [2.75, 3.05) is 26.7 Å². The Kier molecular flexibility index (Phi) is 5.07. The van der Waals surface area contributed by atoms with Crippen molar-refractivity contribution in [1.82, 2.24) is 24.6 Å². The van der Waals surface area contributed by atoms with Gasteiger partial charge in [0.2, 0.25) is 5.82 Å². The standard InChI is InChI=1S/C19H24FN5O2/c1-27-15-7-5-6-14(17(15)20)12-23-10-11-25-16(13-23)21-22-18(25)19(26)24-8-3-2-4-9-24/h5-7H,2-4,8-13H2,1H3. The van der Waals surface area contributed by atoms with E-state index in [2.05, 4.69) is 15.1 Å². The first-order valence-corrected chi connectivity index (χ1v) is 9.42. The molecule has 7 nitrogen and oxygen atoms in total. The first-order chi connectivity index (χ1) is 13.2. The van der Waals surface area contributed by atoms with Gasteiger partial charge in [0.1, 0.15) is 5.82 Å². The van der Waals surface area contributed by atoms with Gasteiger partial charge in [0.15, 0.2) is 11.6 Å².